The maximum atomic E-state index is 14.1. The first-order chi connectivity index (χ1) is 22.1. The number of urea groups is 1. The van der Waals surface area contributed by atoms with Crippen LogP contribution in [0.2, 0.25) is 0 Å². The Hall–Kier alpha value is -5.46. The van der Waals surface area contributed by atoms with Crippen LogP contribution in [0.3, 0.4) is 0 Å². The monoisotopic (exact) mass is 644 g/mol. The third-order valence-electron chi connectivity index (χ3n) is 8.04. The van der Waals surface area contributed by atoms with E-state index >= 15 is 0 Å². The second-order valence-electron chi connectivity index (χ2n) is 11.0. The Labute approximate surface area is 266 Å². The minimum atomic E-state index is -1.02. The zero-order valence-corrected chi connectivity index (χ0v) is 25.2. The molecule has 5 N–H and O–H groups in total. The van der Waals surface area contributed by atoms with Gasteiger partial charge in [-0.15, -0.1) is 0 Å². The number of carbonyl (C=O) groups is 3. The van der Waals surface area contributed by atoms with Gasteiger partial charge in [0.2, 0.25) is 11.8 Å². The number of rotatable bonds is 8. The van der Waals surface area contributed by atoms with Crippen LogP contribution in [0.15, 0.2) is 60.7 Å². The number of aromatic hydroxyl groups is 2. The van der Waals surface area contributed by atoms with Crippen molar-refractivity contribution in [2.75, 3.05) is 25.4 Å². The Morgan fingerprint density at radius 3 is 2.63 bits per heavy atom. The maximum Gasteiger partial charge on any atom is 0.333 e. The number of thiazole rings is 1. The van der Waals surface area contributed by atoms with E-state index < -0.39 is 30.0 Å². The fraction of sp³-hybridized carbons (Fsp3) is 0.258. The maximum absolute atomic E-state index is 14.1. The summed E-state index contributed by atoms with van der Waals surface area (Å²) >= 11 is 1.32. The highest BCUT2D eigenvalue weighted by Crippen LogP contribution is 2.33. The van der Waals surface area contributed by atoms with Crippen LogP contribution < -0.4 is 11.1 Å². The van der Waals surface area contributed by atoms with Crippen molar-refractivity contribution < 1.29 is 29.0 Å². The molecule has 0 saturated carbocycles. The van der Waals surface area contributed by atoms with Gasteiger partial charge in [-0.2, -0.15) is 10.3 Å². The molecule has 0 aliphatic carbocycles. The topological polar surface area (TPSA) is 179 Å². The zero-order valence-electron chi connectivity index (χ0n) is 24.3. The second kappa shape index (κ2) is 12.5. The Kier molecular flexibility index (Phi) is 8.31. The molecule has 3 heterocycles. The van der Waals surface area contributed by atoms with Gasteiger partial charge in [0.25, 0.3) is 0 Å². The summed E-state index contributed by atoms with van der Waals surface area (Å²) in [5.41, 5.74) is 8.50. The molecule has 2 aliphatic rings. The molecule has 0 radical (unpaired) electrons. The van der Waals surface area contributed by atoms with Gasteiger partial charge in [-0.3, -0.25) is 9.59 Å². The summed E-state index contributed by atoms with van der Waals surface area (Å²) in [4.78, 5) is 48.6. The first kappa shape index (κ1) is 30.6. The summed E-state index contributed by atoms with van der Waals surface area (Å²) < 4.78 is 14.2. The molecule has 1 aromatic heterocycles. The first-order valence-corrected chi connectivity index (χ1v) is 15.1. The third-order valence-corrected chi connectivity index (χ3v) is 8.89. The van der Waals surface area contributed by atoms with Crippen molar-refractivity contribution >= 4 is 44.5 Å². The number of phenols is 2. The lowest BCUT2D eigenvalue weighted by atomic mass is 9.99. The summed E-state index contributed by atoms with van der Waals surface area (Å²) in [6.07, 6.45) is -0.798. The number of nitrogens with two attached hydrogens (primary N) is 1. The number of hydrogen-bond acceptors (Lipinski definition) is 10. The number of piperazine rings is 1. The molecular weight excluding hydrogens is 615 g/mol. The van der Waals surface area contributed by atoms with Gasteiger partial charge in [-0.25, -0.2) is 19.2 Å². The number of nitrogen functional groups attached to an aromatic ring is 1. The summed E-state index contributed by atoms with van der Waals surface area (Å²) in [7, 11) is 0. The van der Waals surface area contributed by atoms with Gasteiger partial charge in [0.05, 0.1) is 29.4 Å². The van der Waals surface area contributed by atoms with E-state index in [2.05, 4.69) is 10.3 Å². The van der Waals surface area contributed by atoms with Crippen LogP contribution >= 0.6 is 11.3 Å². The predicted octanol–water partition coefficient (Wildman–Crippen LogP) is 2.50. The van der Waals surface area contributed by atoms with E-state index in [1.54, 1.807) is 11.0 Å². The molecule has 2 atom stereocenters. The number of halogens is 1. The number of carbonyl (C=O) groups excluding carboxylic acids is 3. The molecule has 0 bridgehead atoms. The lowest BCUT2D eigenvalue weighted by Gasteiger charge is -2.46. The van der Waals surface area contributed by atoms with E-state index in [0.29, 0.717) is 21.8 Å². The molecule has 13 nitrogen and oxygen atoms in total. The fourth-order valence-corrected chi connectivity index (χ4v) is 6.67. The lowest BCUT2D eigenvalue weighted by molar-refractivity contribution is -0.157. The molecule has 0 unspecified atom stereocenters. The van der Waals surface area contributed by atoms with Gasteiger partial charge in [0.1, 0.15) is 24.6 Å². The van der Waals surface area contributed by atoms with Crippen LogP contribution in [-0.2, 0) is 29.1 Å². The van der Waals surface area contributed by atoms with Crippen molar-refractivity contribution in [3.63, 3.8) is 0 Å². The quantitative estimate of drug-likeness (QED) is 0.166. The molecule has 2 saturated heterocycles. The minimum absolute atomic E-state index is 0.0160. The van der Waals surface area contributed by atoms with Gasteiger partial charge < -0.3 is 31.1 Å². The van der Waals surface area contributed by atoms with E-state index in [9.17, 15) is 34.2 Å². The molecule has 15 heteroatoms. The number of benzene rings is 3. The molecule has 6 rings (SSSR count). The molecule has 3 aromatic carbocycles. The lowest BCUT2D eigenvalue weighted by Crippen LogP contribution is -2.66. The van der Waals surface area contributed by atoms with Crippen LogP contribution in [0.5, 0.6) is 11.5 Å². The second-order valence-corrected chi connectivity index (χ2v) is 12.0. The predicted molar refractivity (Wildman–Crippen MR) is 165 cm³/mol. The number of para-hydroxylation sites is 1. The molecule has 4 amide bonds. The molecule has 4 aromatic rings. The molecular formula is C31H29FN8O5S. The summed E-state index contributed by atoms with van der Waals surface area (Å²) in [6.45, 7) is -0.444. The number of nitriles is 1. The number of phenolic OH excluding ortho intramolecular Hbond substituents is 2. The molecule has 2 aliphatic heterocycles. The van der Waals surface area contributed by atoms with Gasteiger partial charge in [0.15, 0.2) is 16.6 Å². The van der Waals surface area contributed by atoms with E-state index in [-0.39, 0.29) is 56.6 Å². The molecule has 0 spiro atoms. The van der Waals surface area contributed by atoms with E-state index in [1.165, 1.54) is 57.6 Å². The molecule has 2 fully saturated rings. The molecule has 46 heavy (non-hydrogen) atoms. The highest BCUT2D eigenvalue weighted by Gasteiger charge is 2.52. The average Bonchev–Trinajstić information content (AvgIpc) is 3.58. The van der Waals surface area contributed by atoms with Crippen molar-refractivity contribution in [2.24, 2.45) is 0 Å². The third kappa shape index (κ3) is 5.95. The molecule has 236 valence electrons. The van der Waals surface area contributed by atoms with Crippen LogP contribution in [0.1, 0.15) is 16.7 Å². The van der Waals surface area contributed by atoms with E-state index in [1.807, 2.05) is 24.3 Å². The van der Waals surface area contributed by atoms with Crippen molar-refractivity contribution in [3.8, 4) is 17.6 Å². The number of anilines is 1. The Balaban J connectivity index is 1.32. The number of aromatic nitrogens is 1. The van der Waals surface area contributed by atoms with Gasteiger partial charge >= 0.3 is 6.03 Å². The summed E-state index contributed by atoms with van der Waals surface area (Å²) in [5.74, 6) is -1.88. The standard InChI is InChI=1S/C31H29FN8O5S/c32-21-7-4-18(5-8-21)14-35-31(45)38(11-10-33)39-17-27(43)40-22(12-19-6-9-23(41)24(42)13-19)29(44)37(16-26(39)40)15-20-2-1-3-25-28(20)36-30(34)46-25/h1-9,13,22,26,41-42H,11-12,14-17H2,(H2,34,36)(H,35,45)/t22-,26+/m0/s1. The number of nitrogens with zero attached hydrogens (tertiary/aromatic N) is 6. The average molecular weight is 645 g/mol. The van der Waals surface area contributed by atoms with Crippen molar-refractivity contribution in [1.29, 1.82) is 5.26 Å². The highest BCUT2D eigenvalue weighted by atomic mass is 32.1. The number of hydrogen-bond donors (Lipinski definition) is 4. The normalized spacial score (nSPS) is 18.1. The number of hydrazine groups is 1. The fourth-order valence-electron chi connectivity index (χ4n) is 5.88. The highest BCUT2D eigenvalue weighted by molar-refractivity contribution is 7.22. The van der Waals surface area contributed by atoms with E-state index in [4.69, 9.17) is 5.73 Å². The van der Waals surface area contributed by atoms with Gasteiger partial charge in [-0.1, -0.05) is 41.7 Å². The summed E-state index contributed by atoms with van der Waals surface area (Å²) in [6, 6.07) is 15.7. The van der Waals surface area contributed by atoms with Crippen LogP contribution in [0, 0.1) is 17.1 Å². The Morgan fingerprint density at radius 2 is 1.89 bits per heavy atom. The van der Waals surface area contributed by atoms with Crippen molar-refractivity contribution in [3.05, 3.63) is 83.2 Å². The van der Waals surface area contributed by atoms with Gasteiger partial charge in [0, 0.05) is 19.5 Å². The smallest absolute Gasteiger partial charge is 0.333 e. The zero-order chi connectivity index (χ0) is 32.5. The Morgan fingerprint density at radius 1 is 1.13 bits per heavy atom. The van der Waals surface area contributed by atoms with Crippen molar-refractivity contribution in [2.45, 2.75) is 31.7 Å². The summed E-state index contributed by atoms with van der Waals surface area (Å²) in [5, 5.41) is 35.3. The van der Waals surface area contributed by atoms with Crippen LogP contribution in [0.25, 0.3) is 10.2 Å². The minimum Gasteiger partial charge on any atom is -0.504 e. The number of amides is 4. The first-order valence-electron chi connectivity index (χ1n) is 14.3. The number of fused-ring (bicyclic) bond motifs is 2. The Bertz CT molecular complexity index is 1860. The largest absolute Gasteiger partial charge is 0.504 e. The van der Waals surface area contributed by atoms with Crippen molar-refractivity contribution in [1.82, 2.24) is 30.1 Å². The van der Waals surface area contributed by atoms with Gasteiger partial charge in [-0.05, 0) is 47.0 Å². The van der Waals surface area contributed by atoms with Crippen LogP contribution in [-0.4, -0.2) is 84.7 Å². The van der Waals surface area contributed by atoms with E-state index in [0.717, 1.165) is 15.3 Å². The number of nitrogens with one attached hydrogen (secondary N) is 1. The SMILES string of the molecule is N#CCN(C(=O)NCc1ccc(F)cc1)N1CC(=O)N2[C@@H](Cc3ccc(O)c(O)c3)C(=O)N(Cc3cccc4sc(N)nc34)C[C@@H]21. The van der Waals surface area contributed by atoms with Crippen LogP contribution in [0.4, 0.5) is 14.3 Å².